The van der Waals surface area contributed by atoms with Gasteiger partial charge in [-0.25, -0.2) is 4.98 Å². The summed E-state index contributed by atoms with van der Waals surface area (Å²) in [7, 11) is 0. The predicted octanol–water partition coefficient (Wildman–Crippen LogP) is 4.24. The van der Waals surface area contributed by atoms with Crippen LogP contribution in [0.4, 0.5) is 5.95 Å². The summed E-state index contributed by atoms with van der Waals surface area (Å²) in [5.41, 5.74) is 2.13. The van der Waals surface area contributed by atoms with Crippen LogP contribution >= 0.6 is 11.6 Å². The van der Waals surface area contributed by atoms with Crippen molar-refractivity contribution in [1.82, 2.24) is 19.5 Å². The Bertz CT molecular complexity index is 1180. The molecule has 0 spiro atoms. The number of H-pyrrole nitrogens is 1. The Morgan fingerprint density at radius 2 is 2.07 bits per heavy atom. The highest BCUT2D eigenvalue weighted by molar-refractivity contribution is 6.35. The van der Waals surface area contributed by atoms with Gasteiger partial charge in [0.1, 0.15) is 5.82 Å². The van der Waals surface area contributed by atoms with Gasteiger partial charge in [0.15, 0.2) is 0 Å². The number of aromatic nitrogens is 4. The summed E-state index contributed by atoms with van der Waals surface area (Å²) in [4.78, 5) is 24.2. The Balaban J connectivity index is 1.66. The maximum atomic E-state index is 12.5. The molecule has 3 heterocycles. The Kier molecular flexibility index (Phi) is 4.41. The number of halogens is 1. The van der Waals surface area contributed by atoms with Crippen molar-refractivity contribution in [3.63, 3.8) is 0 Å². The second-order valence-electron chi connectivity index (χ2n) is 6.38. The third-order valence-corrected chi connectivity index (χ3v) is 4.82. The van der Waals surface area contributed by atoms with Gasteiger partial charge in [0.2, 0.25) is 5.95 Å². The van der Waals surface area contributed by atoms with Crippen LogP contribution in [0.5, 0.6) is 0 Å². The zero-order valence-electron chi connectivity index (χ0n) is 14.9. The lowest BCUT2D eigenvalue weighted by atomic mass is 10.1. The van der Waals surface area contributed by atoms with Crippen LogP contribution in [-0.4, -0.2) is 19.5 Å². The highest BCUT2D eigenvalue weighted by Crippen LogP contribution is 2.23. The molecule has 4 rings (SSSR count). The van der Waals surface area contributed by atoms with Crippen molar-refractivity contribution < 1.29 is 0 Å². The van der Waals surface area contributed by atoms with E-state index in [-0.39, 0.29) is 11.6 Å². The lowest BCUT2D eigenvalue weighted by Crippen LogP contribution is -2.20. The first kappa shape index (κ1) is 17.3. The summed E-state index contributed by atoms with van der Waals surface area (Å²) in [5, 5.41) is 4.61. The van der Waals surface area contributed by atoms with Crippen molar-refractivity contribution >= 4 is 28.5 Å². The van der Waals surface area contributed by atoms with E-state index >= 15 is 0 Å². The van der Waals surface area contributed by atoms with Crippen LogP contribution in [0.3, 0.4) is 0 Å². The van der Waals surface area contributed by atoms with E-state index in [1.54, 1.807) is 12.3 Å². The van der Waals surface area contributed by atoms with Gasteiger partial charge in [-0.15, -0.1) is 0 Å². The molecule has 0 unspecified atom stereocenters. The van der Waals surface area contributed by atoms with Gasteiger partial charge in [-0.05, 0) is 44.2 Å². The molecule has 0 saturated carbocycles. The van der Waals surface area contributed by atoms with Crippen molar-refractivity contribution in [2.24, 2.45) is 0 Å². The molecule has 0 radical (unpaired) electrons. The minimum Gasteiger partial charge on any atom is -0.347 e. The van der Waals surface area contributed by atoms with Crippen LogP contribution in [0.15, 0.2) is 59.7 Å². The number of anilines is 1. The zero-order chi connectivity index (χ0) is 19.0. The molecule has 0 bridgehead atoms. The summed E-state index contributed by atoms with van der Waals surface area (Å²) in [5.74, 6) is 1.22. The van der Waals surface area contributed by atoms with Crippen LogP contribution in [0.2, 0.25) is 5.02 Å². The minimum atomic E-state index is -0.279. The quantitative estimate of drug-likeness (QED) is 0.556. The lowest BCUT2D eigenvalue weighted by Gasteiger charge is -2.15. The fourth-order valence-electron chi connectivity index (χ4n) is 3.08. The topological polar surface area (TPSA) is 75.6 Å². The number of aryl methyl sites for hydroxylation is 1. The number of fused-ring (bicyclic) bond motifs is 1. The van der Waals surface area contributed by atoms with Crippen molar-refractivity contribution in [2.75, 3.05) is 5.32 Å². The molecule has 2 N–H and O–H groups in total. The molecule has 7 heteroatoms. The number of para-hydroxylation sites is 1. The number of rotatable bonds is 4. The van der Waals surface area contributed by atoms with Crippen LogP contribution < -0.4 is 10.9 Å². The second kappa shape index (κ2) is 6.89. The molecule has 0 aliphatic rings. The lowest BCUT2D eigenvalue weighted by molar-refractivity contribution is 0.837. The predicted molar refractivity (Wildman–Crippen MR) is 108 cm³/mol. The first-order chi connectivity index (χ1) is 13.0. The molecule has 0 aliphatic heterocycles. The van der Waals surface area contributed by atoms with E-state index in [1.165, 1.54) is 0 Å². The Hall–Kier alpha value is -3.12. The van der Waals surface area contributed by atoms with Crippen molar-refractivity contribution in [3.05, 3.63) is 81.5 Å². The van der Waals surface area contributed by atoms with Gasteiger partial charge < -0.3 is 14.9 Å². The van der Waals surface area contributed by atoms with E-state index in [0.29, 0.717) is 22.1 Å². The van der Waals surface area contributed by atoms with Gasteiger partial charge in [0.25, 0.3) is 5.56 Å². The van der Waals surface area contributed by atoms with E-state index in [2.05, 4.69) is 20.3 Å². The average Bonchev–Trinajstić information content (AvgIpc) is 3.08. The first-order valence-corrected chi connectivity index (χ1v) is 8.96. The monoisotopic (exact) mass is 379 g/mol. The molecule has 0 saturated heterocycles. The van der Waals surface area contributed by atoms with Crippen molar-refractivity contribution in [1.29, 1.82) is 0 Å². The van der Waals surface area contributed by atoms with Gasteiger partial charge in [0, 0.05) is 29.0 Å². The summed E-state index contributed by atoms with van der Waals surface area (Å²) in [6.45, 7) is 3.91. The second-order valence-corrected chi connectivity index (χ2v) is 6.79. The Morgan fingerprint density at radius 1 is 1.22 bits per heavy atom. The normalized spacial score (nSPS) is 12.3. The average molecular weight is 380 g/mol. The highest BCUT2D eigenvalue weighted by atomic mass is 35.5. The van der Waals surface area contributed by atoms with Crippen molar-refractivity contribution in [3.8, 4) is 5.82 Å². The number of pyridine rings is 1. The summed E-state index contributed by atoms with van der Waals surface area (Å²) in [6, 6.07) is 12.9. The highest BCUT2D eigenvalue weighted by Gasteiger charge is 2.14. The van der Waals surface area contributed by atoms with E-state index in [9.17, 15) is 4.79 Å². The Morgan fingerprint density at radius 3 is 2.85 bits per heavy atom. The zero-order valence-corrected chi connectivity index (χ0v) is 15.7. The van der Waals surface area contributed by atoms with Crippen LogP contribution in [0.1, 0.15) is 24.2 Å². The molecule has 6 nitrogen and oxygen atoms in total. The molecule has 0 fully saturated rings. The van der Waals surface area contributed by atoms with Gasteiger partial charge in [-0.1, -0.05) is 23.7 Å². The third-order valence-electron chi connectivity index (χ3n) is 4.51. The number of aromatic amines is 1. The summed E-state index contributed by atoms with van der Waals surface area (Å²) in [6.07, 6.45) is 3.64. The van der Waals surface area contributed by atoms with E-state index in [4.69, 9.17) is 11.6 Å². The summed E-state index contributed by atoms with van der Waals surface area (Å²) < 4.78 is 1.97. The molecule has 4 aromatic rings. The fraction of sp³-hybridized carbons (Fsp3) is 0.150. The van der Waals surface area contributed by atoms with E-state index < -0.39 is 0 Å². The third kappa shape index (κ3) is 3.31. The number of hydrogen-bond donors (Lipinski definition) is 2. The maximum Gasteiger partial charge on any atom is 0.253 e. The largest absolute Gasteiger partial charge is 0.347 e. The molecule has 0 amide bonds. The molecule has 1 atom stereocenters. The molecular formula is C20H18ClN5O. The van der Waals surface area contributed by atoms with Gasteiger partial charge in [-0.3, -0.25) is 4.79 Å². The van der Waals surface area contributed by atoms with E-state index in [0.717, 1.165) is 16.9 Å². The van der Waals surface area contributed by atoms with Gasteiger partial charge in [-0.2, -0.15) is 4.98 Å². The maximum absolute atomic E-state index is 12.5. The molecule has 27 heavy (non-hydrogen) atoms. The summed E-state index contributed by atoms with van der Waals surface area (Å²) >= 11 is 6.16. The Labute approximate surface area is 160 Å². The molecule has 136 valence electrons. The van der Waals surface area contributed by atoms with E-state index in [1.807, 2.05) is 61.0 Å². The molecule has 0 aliphatic carbocycles. The molecule has 1 aromatic carbocycles. The fourth-order valence-corrected chi connectivity index (χ4v) is 3.31. The van der Waals surface area contributed by atoms with Gasteiger partial charge >= 0.3 is 0 Å². The number of nitrogens with zero attached hydrogens (tertiary/aromatic N) is 3. The number of hydrogen-bond acceptors (Lipinski definition) is 4. The van der Waals surface area contributed by atoms with Crippen LogP contribution in [-0.2, 0) is 0 Å². The standard InChI is InChI=1S/C20H18ClN5O/c1-12-5-4-10-26(12)17-8-9-22-20(24-17)23-13(2)15-11-14-6-3-7-16(21)18(14)25-19(15)27/h3-11,13H,1-2H3,(H,25,27)(H,22,23,24)/t13-/m0/s1. The number of nitrogens with one attached hydrogen (secondary N) is 2. The SMILES string of the molecule is Cc1cccn1-c1ccnc(N[C@@H](C)c2cc3cccc(Cl)c3[nH]c2=O)n1. The smallest absolute Gasteiger partial charge is 0.253 e. The van der Waals surface area contributed by atoms with Gasteiger partial charge in [0.05, 0.1) is 16.6 Å². The van der Waals surface area contributed by atoms with Crippen LogP contribution in [0.25, 0.3) is 16.7 Å². The molecule has 3 aromatic heterocycles. The minimum absolute atomic E-state index is 0.187. The molecular weight excluding hydrogens is 362 g/mol. The number of benzene rings is 1. The van der Waals surface area contributed by atoms with Crippen molar-refractivity contribution in [2.45, 2.75) is 19.9 Å². The van der Waals surface area contributed by atoms with Crippen LogP contribution in [0, 0.1) is 6.92 Å². The first-order valence-electron chi connectivity index (χ1n) is 8.58.